The first-order valence-electron chi connectivity index (χ1n) is 3.46. The van der Waals surface area contributed by atoms with E-state index in [2.05, 4.69) is 5.18 Å². The van der Waals surface area contributed by atoms with Crippen molar-refractivity contribution in [3.63, 3.8) is 0 Å². The van der Waals surface area contributed by atoms with E-state index in [0.717, 1.165) is 6.20 Å². The number of nitriles is 1. The molecule has 64 valence electrons. The summed E-state index contributed by atoms with van der Waals surface area (Å²) in [6.07, 6.45) is 2.37. The average molecular weight is 176 g/mol. The molecule has 0 aliphatic heterocycles. The minimum atomic E-state index is -0.601. The van der Waals surface area contributed by atoms with Gasteiger partial charge in [-0.25, -0.2) is 4.39 Å². The smallest absolute Gasteiger partial charge is 0.141 e. The minimum absolute atomic E-state index is 0.0174. The highest BCUT2D eigenvalue weighted by Gasteiger charge is 1.99. The van der Waals surface area contributed by atoms with Crippen LogP contribution in [-0.2, 0) is 0 Å². The fourth-order valence-electron chi connectivity index (χ4n) is 0.842. The molecule has 0 fully saturated rings. The molecule has 0 radical (unpaired) electrons. The molecule has 0 aliphatic carbocycles. The van der Waals surface area contributed by atoms with Crippen LogP contribution in [0.2, 0.25) is 0 Å². The van der Waals surface area contributed by atoms with Gasteiger partial charge in [0.1, 0.15) is 11.9 Å². The molecule has 0 saturated carbocycles. The van der Waals surface area contributed by atoms with Gasteiger partial charge in [-0.05, 0) is 28.9 Å². The van der Waals surface area contributed by atoms with E-state index in [1.54, 1.807) is 6.07 Å². The number of hydrogen-bond acceptors (Lipinski definition) is 3. The second-order valence-electron chi connectivity index (χ2n) is 2.27. The fourth-order valence-corrected chi connectivity index (χ4v) is 0.842. The van der Waals surface area contributed by atoms with Crippen molar-refractivity contribution in [2.24, 2.45) is 5.18 Å². The van der Waals surface area contributed by atoms with Crippen LogP contribution in [0.1, 0.15) is 11.1 Å². The van der Waals surface area contributed by atoms with E-state index in [-0.39, 0.29) is 5.56 Å². The first-order valence-corrected chi connectivity index (χ1v) is 3.46. The van der Waals surface area contributed by atoms with Crippen LogP contribution in [0.3, 0.4) is 0 Å². The summed E-state index contributed by atoms with van der Waals surface area (Å²) in [5, 5.41) is 10.9. The van der Waals surface area contributed by atoms with Crippen LogP contribution in [0.5, 0.6) is 0 Å². The Balaban J connectivity index is 3.04. The number of hydrogen-bond donors (Lipinski definition) is 0. The molecular weight excluding hydrogens is 171 g/mol. The molecule has 1 aromatic carbocycles. The van der Waals surface area contributed by atoms with Crippen molar-refractivity contribution in [2.75, 3.05) is 0 Å². The molecule has 1 aromatic rings. The second kappa shape index (κ2) is 4.12. The lowest BCUT2D eigenvalue weighted by atomic mass is 10.1. The summed E-state index contributed by atoms with van der Waals surface area (Å²) in [5.74, 6) is -0.601. The van der Waals surface area contributed by atoms with Gasteiger partial charge < -0.3 is 0 Å². The SMILES string of the molecule is N#Cc1ccc(/C=C/N=O)cc1F. The Hall–Kier alpha value is -2.02. The molecule has 3 nitrogen and oxygen atoms in total. The molecule has 1 rings (SSSR count). The molecule has 13 heavy (non-hydrogen) atoms. The Kier molecular flexibility index (Phi) is 2.87. The van der Waals surface area contributed by atoms with Crippen molar-refractivity contribution in [1.82, 2.24) is 0 Å². The summed E-state index contributed by atoms with van der Waals surface area (Å²) in [6, 6.07) is 5.74. The van der Waals surface area contributed by atoms with Crippen LogP contribution in [0, 0.1) is 22.1 Å². The van der Waals surface area contributed by atoms with Crippen LogP contribution >= 0.6 is 0 Å². The number of nitroso groups, excluding NO2 is 1. The van der Waals surface area contributed by atoms with E-state index in [1.807, 2.05) is 0 Å². The Morgan fingerprint density at radius 1 is 1.54 bits per heavy atom. The van der Waals surface area contributed by atoms with Gasteiger partial charge in [-0.2, -0.15) is 5.26 Å². The summed E-state index contributed by atoms with van der Waals surface area (Å²) in [7, 11) is 0. The normalized spacial score (nSPS) is 9.85. The molecule has 0 heterocycles. The molecule has 0 bridgehead atoms. The molecular formula is C9H5FN2O. The van der Waals surface area contributed by atoms with Gasteiger partial charge in [0, 0.05) is 0 Å². The zero-order chi connectivity index (χ0) is 9.68. The largest absolute Gasteiger partial charge is 0.206 e. The van der Waals surface area contributed by atoms with Crippen LogP contribution in [0.15, 0.2) is 29.6 Å². The first kappa shape index (κ1) is 9.07. The van der Waals surface area contributed by atoms with E-state index in [1.165, 1.54) is 24.3 Å². The molecule has 0 aromatic heterocycles. The summed E-state index contributed by atoms with van der Waals surface area (Å²) in [6.45, 7) is 0. The monoisotopic (exact) mass is 176 g/mol. The average Bonchev–Trinajstić information content (AvgIpc) is 2.15. The maximum atomic E-state index is 12.9. The number of rotatable bonds is 2. The molecule has 0 unspecified atom stereocenters. The van der Waals surface area contributed by atoms with Crippen molar-refractivity contribution in [3.05, 3.63) is 46.3 Å². The molecule has 0 saturated heterocycles. The van der Waals surface area contributed by atoms with E-state index in [0.29, 0.717) is 5.56 Å². The van der Waals surface area contributed by atoms with Crippen molar-refractivity contribution < 1.29 is 4.39 Å². The molecule has 0 aliphatic rings. The van der Waals surface area contributed by atoms with Crippen molar-refractivity contribution in [1.29, 1.82) is 5.26 Å². The third-order valence-corrected chi connectivity index (χ3v) is 1.44. The van der Waals surface area contributed by atoms with E-state index < -0.39 is 5.82 Å². The lowest BCUT2D eigenvalue weighted by Gasteiger charge is -1.94. The van der Waals surface area contributed by atoms with Gasteiger partial charge in [0.2, 0.25) is 0 Å². The van der Waals surface area contributed by atoms with Gasteiger partial charge in [0.05, 0.1) is 11.8 Å². The van der Waals surface area contributed by atoms with Crippen molar-refractivity contribution in [3.8, 4) is 6.07 Å². The van der Waals surface area contributed by atoms with Gasteiger partial charge in [-0.15, -0.1) is 4.91 Å². The maximum Gasteiger partial charge on any atom is 0.141 e. The molecule has 0 N–H and O–H groups in total. The fraction of sp³-hybridized carbons (Fsp3) is 0. The number of nitrogens with zero attached hydrogens (tertiary/aromatic N) is 2. The van der Waals surface area contributed by atoms with Crippen LogP contribution in [0.4, 0.5) is 4.39 Å². The minimum Gasteiger partial charge on any atom is -0.206 e. The van der Waals surface area contributed by atoms with Gasteiger partial charge in [0.25, 0.3) is 0 Å². The molecule has 0 atom stereocenters. The summed E-state index contributed by atoms with van der Waals surface area (Å²) < 4.78 is 12.9. The Bertz CT molecular complexity index is 393. The van der Waals surface area contributed by atoms with Gasteiger partial charge in [0.15, 0.2) is 0 Å². The Labute approximate surface area is 74.1 Å². The van der Waals surface area contributed by atoms with Gasteiger partial charge >= 0.3 is 0 Å². The van der Waals surface area contributed by atoms with Crippen LogP contribution in [-0.4, -0.2) is 0 Å². The van der Waals surface area contributed by atoms with Crippen LogP contribution < -0.4 is 0 Å². The number of halogens is 1. The third-order valence-electron chi connectivity index (χ3n) is 1.44. The summed E-state index contributed by atoms with van der Waals surface area (Å²) in [4.78, 5) is 9.70. The first-order chi connectivity index (χ1) is 6.27. The van der Waals surface area contributed by atoms with Crippen LogP contribution in [0.25, 0.3) is 6.08 Å². The van der Waals surface area contributed by atoms with Crippen molar-refractivity contribution >= 4 is 6.08 Å². The standard InChI is InChI=1S/C9H5FN2O/c10-9-5-7(3-4-12-13)1-2-8(9)6-11/h1-5H/b4-3+. The zero-order valence-electron chi connectivity index (χ0n) is 6.57. The highest BCUT2D eigenvalue weighted by molar-refractivity contribution is 5.51. The number of benzene rings is 1. The lowest BCUT2D eigenvalue weighted by molar-refractivity contribution is 0.623. The Morgan fingerprint density at radius 3 is 2.85 bits per heavy atom. The van der Waals surface area contributed by atoms with E-state index in [4.69, 9.17) is 5.26 Å². The Morgan fingerprint density at radius 2 is 2.31 bits per heavy atom. The third kappa shape index (κ3) is 2.20. The lowest BCUT2D eigenvalue weighted by Crippen LogP contribution is -1.83. The summed E-state index contributed by atoms with van der Waals surface area (Å²) >= 11 is 0. The highest BCUT2D eigenvalue weighted by atomic mass is 19.1. The zero-order valence-corrected chi connectivity index (χ0v) is 6.57. The second-order valence-corrected chi connectivity index (χ2v) is 2.27. The van der Waals surface area contributed by atoms with Gasteiger partial charge in [-0.1, -0.05) is 6.07 Å². The summed E-state index contributed by atoms with van der Waals surface area (Å²) in [5.41, 5.74) is 0.479. The quantitative estimate of drug-likeness (QED) is 0.649. The predicted octanol–water partition coefficient (Wildman–Crippen LogP) is 2.43. The van der Waals surface area contributed by atoms with E-state index in [9.17, 15) is 9.30 Å². The van der Waals surface area contributed by atoms with E-state index >= 15 is 0 Å². The maximum absolute atomic E-state index is 12.9. The predicted molar refractivity (Wildman–Crippen MR) is 45.9 cm³/mol. The molecule has 0 spiro atoms. The van der Waals surface area contributed by atoms with Gasteiger partial charge in [-0.3, -0.25) is 0 Å². The topological polar surface area (TPSA) is 53.2 Å². The molecule has 0 amide bonds. The molecule has 4 heteroatoms. The van der Waals surface area contributed by atoms with Crippen molar-refractivity contribution in [2.45, 2.75) is 0 Å². The highest BCUT2D eigenvalue weighted by Crippen LogP contribution is 2.10.